The zero-order chi connectivity index (χ0) is 18.0. The fourth-order valence-electron chi connectivity index (χ4n) is 3.51. The van der Waals surface area contributed by atoms with Crippen molar-refractivity contribution < 1.29 is 13.2 Å². The highest BCUT2D eigenvalue weighted by Gasteiger charge is 2.34. The minimum absolute atomic E-state index is 0.0870. The molecule has 2 heterocycles. The molecule has 2 fully saturated rings. The van der Waals surface area contributed by atoms with Gasteiger partial charge in [0.1, 0.15) is 0 Å². The summed E-state index contributed by atoms with van der Waals surface area (Å²) in [5.74, 6) is 1.03. The number of carbonyl (C=O) groups excluding carboxylic acids is 1. The van der Waals surface area contributed by atoms with Crippen LogP contribution in [0.3, 0.4) is 0 Å². The smallest absolute Gasteiger partial charge is 0.321 e. The summed E-state index contributed by atoms with van der Waals surface area (Å²) in [5.41, 5.74) is 2.05. The van der Waals surface area contributed by atoms with Crippen molar-refractivity contribution in [3.63, 3.8) is 0 Å². The second kappa shape index (κ2) is 7.33. The molecule has 2 saturated heterocycles. The van der Waals surface area contributed by atoms with E-state index < -0.39 is 9.84 Å². The summed E-state index contributed by atoms with van der Waals surface area (Å²) < 4.78 is 23.2. The number of hydrogen-bond donors (Lipinski definition) is 1. The predicted molar refractivity (Wildman–Crippen MR) is 99.8 cm³/mol. The van der Waals surface area contributed by atoms with E-state index in [1.54, 1.807) is 4.90 Å². The van der Waals surface area contributed by atoms with Gasteiger partial charge in [-0.3, -0.25) is 4.90 Å². The Kier molecular flexibility index (Phi) is 5.34. The summed E-state index contributed by atoms with van der Waals surface area (Å²) in [7, 11) is -2.86. The Morgan fingerprint density at radius 1 is 1.12 bits per heavy atom. The van der Waals surface area contributed by atoms with Crippen LogP contribution in [0.15, 0.2) is 24.3 Å². The van der Waals surface area contributed by atoms with Crippen molar-refractivity contribution in [1.29, 1.82) is 0 Å². The van der Waals surface area contributed by atoms with Gasteiger partial charge in [-0.15, -0.1) is 0 Å². The molecule has 2 aliphatic rings. The number of piperazine rings is 1. The van der Waals surface area contributed by atoms with Gasteiger partial charge in [-0.1, -0.05) is 26.0 Å². The molecule has 6 nitrogen and oxygen atoms in total. The molecule has 25 heavy (non-hydrogen) atoms. The molecule has 1 aromatic rings. The van der Waals surface area contributed by atoms with Crippen LogP contribution in [0.25, 0.3) is 0 Å². The van der Waals surface area contributed by atoms with Crippen LogP contribution >= 0.6 is 0 Å². The van der Waals surface area contributed by atoms with Gasteiger partial charge in [0, 0.05) is 37.9 Å². The first-order chi connectivity index (χ1) is 11.8. The molecule has 0 spiro atoms. The van der Waals surface area contributed by atoms with Gasteiger partial charge in [-0.25, -0.2) is 13.2 Å². The minimum atomic E-state index is -2.86. The Bertz CT molecular complexity index is 708. The van der Waals surface area contributed by atoms with Crippen LogP contribution in [0.5, 0.6) is 0 Å². The average Bonchev–Trinajstić information content (AvgIpc) is 2.95. The molecule has 2 amide bonds. The lowest BCUT2D eigenvalue weighted by atomic mass is 10.0. The van der Waals surface area contributed by atoms with E-state index in [0.29, 0.717) is 24.8 Å². The fraction of sp³-hybridized carbons (Fsp3) is 0.611. The van der Waals surface area contributed by atoms with Crippen LogP contribution < -0.4 is 5.32 Å². The Balaban J connectivity index is 1.50. The topological polar surface area (TPSA) is 69.7 Å². The molecule has 1 N–H and O–H groups in total. The van der Waals surface area contributed by atoms with Gasteiger partial charge in [0.2, 0.25) is 0 Å². The van der Waals surface area contributed by atoms with E-state index in [1.165, 1.54) is 5.56 Å². The maximum absolute atomic E-state index is 12.4. The van der Waals surface area contributed by atoms with E-state index in [9.17, 15) is 13.2 Å². The summed E-state index contributed by atoms with van der Waals surface area (Å²) in [6.45, 7) is 7.02. The lowest BCUT2D eigenvalue weighted by molar-refractivity contribution is 0.121. The van der Waals surface area contributed by atoms with Crippen LogP contribution in [0.4, 0.5) is 10.5 Å². The third-order valence-corrected chi connectivity index (χ3v) is 6.91. The zero-order valence-corrected chi connectivity index (χ0v) is 15.8. The fourth-order valence-corrected chi connectivity index (χ4v) is 5.27. The van der Waals surface area contributed by atoms with Crippen molar-refractivity contribution in [2.75, 3.05) is 43.0 Å². The van der Waals surface area contributed by atoms with Gasteiger partial charge < -0.3 is 10.2 Å². The Morgan fingerprint density at radius 3 is 2.28 bits per heavy atom. The lowest BCUT2D eigenvalue weighted by Crippen LogP contribution is -2.53. The largest absolute Gasteiger partial charge is 0.322 e. The summed E-state index contributed by atoms with van der Waals surface area (Å²) >= 11 is 0. The number of urea groups is 1. The van der Waals surface area contributed by atoms with Crippen LogP contribution in [-0.4, -0.2) is 68.0 Å². The van der Waals surface area contributed by atoms with Crippen molar-refractivity contribution >= 4 is 21.6 Å². The normalized spacial score (nSPS) is 23.8. The van der Waals surface area contributed by atoms with E-state index in [2.05, 4.69) is 24.1 Å². The van der Waals surface area contributed by atoms with E-state index in [0.717, 1.165) is 25.2 Å². The van der Waals surface area contributed by atoms with Gasteiger partial charge in [-0.05, 0) is 30.0 Å². The van der Waals surface area contributed by atoms with Gasteiger partial charge in [0.15, 0.2) is 9.84 Å². The Labute approximate surface area is 150 Å². The van der Waals surface area contributed by atoms with Crippen molar-refractivity contribution in [3.8, 4) is 0 Å². The first kappa shape index (κ1) is 18.2. The van der Waals surface area contributed by atoms with Crippen LogP contribution in [0.1, 0.15) is 31.7 Å². The summed E-state index contributed by atoms with van der Waals surface area (Å²) in [5, 5.41) is 2.95. The molecule has 7 heteroatoms. The number of nitrogens with one attached hydrogen (secondary N) is 1. The van der Waals surface area contributed by atoms with Gasteiger partial charge in [-0.2, -0.15) is 0 Å². The van der Waals surface area contributed by atoms with E-state index >= 15 is 0 Å². The van der Waals surface area contributed by atoms with E-state index in [4.69, 9.17) is 0 Å². The molecule has 0 aliphatic carbocycles. The Hall–Kier alpha value is -1.60. The Morgan fingerprint density at radius 2 is 1.76 bits per heavy atom. The number of anilines is 1. The van der Waals surface area contributed by atoms with Crippen molar-refractivity contribution in [2.45, 2.75) is 32.2 Å². The molecule has 0 aromatic heterocycles. The predicted octanol–water partition coefficient (Wildman–Crippen LogP) is 2.15. The monoisotopic (exact) mass is 365 g/mol. The number of nitrogens with zero attached hydrogens (tertiary/aromatic N) is 2. The summed E-state index contributed by atoms with van der Waals surface area (Å²) in [6, 6.07) is 7.99. The van der Waals surface area contributed by atoms with E-state index in [1.807, 2.05) is 24.3 Å². The van der Waals surface area contributed by atoms with Gasteiger partial charge in [0.05, 0.1) is 11.5 Å². The molecular formula is C18H27N3O3S. The number of amides is 2. The molecule has 3 rings (SSSR count). The van der Waals surface area contributed by atoms with Gasteiger partial charge in [0.25, 0.3) is 0 Å². The highest BCUT2D eigenvalue weighted by molar-refractivity contribution is 7.91. The molecular weight excluding hydrogens is 338 g/mol. The molecule has 0 saturated carbocycles. The maximum atomic E-state index is 12.4. The second-order valence-corrected chi connectivity index (χ2v) is 9.52. The van der Waals surface area contributed by atoms with Crippen LogP contribution in [0.2, 0.25) is 0 Å². The third kappa shape index (κ3) is 4.52. The lowest BCUT2D eigenvalue weighted by Gasteiger charge is -2.37. The molecule has 1 atom stereocenters. The van der Waals surface area contributed by atoms with E-state index in [-0.39, 0.29) is 17.8 Å². The quantitative estimate of drug-likeness (QED) is 0.891. The summed E-state index contributed by atoms with van der Waals surface area (Å²) in [6.07, 6.45) is 0.719. The number of rotatable bonds is 3. The highest BCUT2D eigenvalue weighted by Crippen LogP contribution is 2.20. The average molecular weight is 365 g/mol. The standard InChI is InChI=1S/C18H27N3O3S/c1-14(2)15-3-5-16(6-4-15)19-18(22)21-10-8-20(9-11-21)17-7-12-25(23,24)13-17/h3-6,14,17H,7-13H2,1-2H3,(H,19,22). The minimum Gasteiger partial charge on any atom is -0.322 e. The molecule has 2 aliphatic heterocycles. The van der Waals surface area contributed by atoms with Crippen LogP contribution in [-0.2, 0) is 9.84 Å². The summed E-state index contributed by atoms with van der Waals surface area (Å²) in [4.78, 5) is 16.4. The molecule has 138 valence electrons. The molecule has 0 bridgehead atoms. The molecule has 1 aromatic carbocycles. The SMILES string of the molecule is CC(C)c1ccc(NC(=O)N2CCN(C3CCS(=O)(=O)C3)CC2)cc1. The van der Waals surface area contributed by atoms with Gasteiger partial charge >= 0.3 is 6.03 Å². The first-order valence-corrected chi connectivity index (χ1v) is 10.8. The second-order valence-electron chi connectivity index (χ2n) is 7.29. The zero-order valence-electron chi connectivity index (χ0n) is 14.9. The molecule has 1 unspecified atom stereocenters. The number of sulfone groups is 1. The van der Waals surface area contributed by atoms with Crippen LogP contribution in [0, 0.1) is 0 Å². The number of carbonyl (C=O) groups is 1. The number of hydrogen-bond acceptors (Lipinski definition) is 4. The first-order valence-electron chi connectivity index (χ1n) is 8.94. The maximum Gasteiger partial charge on any atom is 0.321 e. The van der Waals surface area contributed by atoms with Crippen molar-refractivity contribution in [1.82, 2.24) is 9.80 Å². The number of benzene rings is 1. The molecule has 0 radical (unpaired) electrons. The highest BCUT2D eigenvalue weighted by atomic mass is 32.2. The van der Waals surface area contributed by atoms with Crippen molar-refractivity contribution in [3.05, 3.63) is 29.8 Å². The third-order valence-electron chi connectivity index (χ3n) is 5.15. The van der Waals surface area contributed by atoms with Crippen molar-refractivity contribution in [2.24, 2.45) is 0 Å².